The molecule has 2 nitrogen and oxygen atoms in total. The average Bonchev–Trinajstić information content (AvgIpc) is 3.52. The van der Waals surface area contributed by atoms with E-state index in [4.69, 9.17) is 4.98 Å². The fourth-order valence-corrected chi connectivity index (χ4v) is 5.55. The van der Waals surface area contributed by atoms with E-state index in [0.29, 0.717) is 0 Å². The van der Waals surface area contributed by atoms with Crippen LogP contribution in [0, 0.1) is 0 Å². The molecule has 0 spiro atoms. The Morgan fingerprint density at radius 1 is 0.655 bits per heavy atom. The Kier molecular flexibility index (Phi) is 3.86. The summed E-state index contributed by atoms with van der Waals surface area (Å²) in [6, 6.07) is 30.1. The lowest BCUT2D eigenvalue weighted by Gasteiger charge is -2.08. The van der Waals surface area contributed by atoms with E-state index in [2.05, 4.69) is 100 Å². The number of fused-ring (bicyclic) bond motifs is 3. The number of nitrogens with zero attached hydrogens (tertiary/aromatic N) is 2. The first-order valence-corrected chi connectivity index (χ1v) is 11.2. The van der Waals surface area contributed by atoms with Gasteiger partial charge in [-0.25, -0.2) is 4.98 Å². The molecule has 4 heteroatoms. The minimum atomic E-state index is 1.03. The van der Waals surface area contributed by atoms with Gasteiger partial charge in [-0.2, -0.15) is 0 Å². The number of rotatable bonds is 3. The summed E-state index contributed by atoms with van der Waals surface area (Å²) in [7, 11) is 0. The van der Waals surface area contributed by atoms with Crippen molar-refractivity contribution in [2.75, 3.05) is 0 Å². The van der Waals surface area contributed by atoms with Crippen LogP contribution < -0.4 is 0 Å². The van der Waals surface area contributed by atoms with Gasteiger partial charge < -0.3 is 4.57 Å². The molecule has 3 heterocycles. The summed E-state index contributed by atoms with van der Waals surface area (Å²) in [5, 5.41) is 7.89. The van der Waals surface area contributed by atoms with Crippen molar-refractivity contribution in [3.8, 4) is 26.8 Å². The van der Waals surface area contributed by atoms with E-state index < -0.39 is 0 Å². The number of aromatic nitrogens is 2. The zero-order valence-electron chi connectivity index (χ0n) is 15.4. The molecule has 0 N–H and O–H groups in total. The van der Waals surface area contributed by atoms with Crippen LogP contribution in [-0.4, -0.2) is 9.55 Å². The van der Waals surface area contributed by atoms with Crippen LogP contribution in [0.4, 0.5) is 0 Å². The van der Waals surface area contributed by atoms with Gasteiger partial charge in [0.05, 0.1) is 21.6 Å². The van der Waals surface area contributed by atoms with Gasteiger partial charge in [-0.3, -0.25) is 0 Å². The molecule has 0 aliphatic rings. The Morgan fingerprint density at radius 3 is 2.00 bits per heavy atom. The Morgan fingerprint density at radius 2 is 1.34 bits per heavy atom. The van der Waals surface area contributed by atoms with Gasteiger partial charge in [0.1, 0.15) is 5.01 Å². The van der Waals surface area contributed by atoms with Gasteiger partial charge in [0, 0.05) is 27.4 Å². The predicted octanol–water partition coefficient (Wildman–Crippen LogP) is 7.64. The van der Waals surface area contributed by atoms with E-state index in [1.165, 1.54) is 32.4 Å². The van der Waals surface area contributed by atoms with E-state index in [9.17, 15) is 0 Å². The lowest BCUT2D eigenvalue weighted by molar-refractivity contribution is 1.18. The van der Waals surface area contributed by atoms with Crippen molar-refractivity contribution in [2.45, 2.75) is 0 Å². The van der Waals surface area contributed by atoms with Crippen molar-refractivity contribution >= 4 is 44.5 Å². The Labute approximate surface area is 176 Å². The highest BCUT2D eigenvalue weighted by atomic mass is 32.1. The third-order valence-corrected chi connectivity index (χ3v) is 7.12. The Hall–Kier alpha value is -3.21. The van der Waals surface area contributed by atoms with Crippen molar-refractivity contribution in [1.29, 1.82) is 0 Å². The molecule has 138 valence electrons. The molecule has 6 aromatic rings. The van der Waals surface area contributed by atoms with E-state index >= 15 is 0 Å². The summed E-state index contributed by atoms with van der Waals surface area (Å²) in [5.41, 5.74) is 5.81. The second-order valence-electron chi connectivity index (χ2n) is 6.93. The third-order valence-electron chi connectivity index (χ3n) is 5.24. The van der Waals surface area contributed by atoms with Gasteiger partial charge in [0.25, 0.3) is 0 Å². The summed E-state index contributed by atoms with van der Waals surface area (Å²) >= 11 is 3.43. The summed E-state index contributed by atoms with van der Waals surface area (Å²) in [6.07, 6.45) is 0. The molecule has 0 aliphatic heterocycles. The first kappa shape index (κ1) is 16.7. The highest BCUT2D eigenvalue weighted by Crippen LogP contribution is 2.34. The fourth-order valence-electron chi connectivity index (χ4n) is 3.90. The predicted molar refractivity (Wildman–Crippen MR) is 125 cm³/mol. The normalized spacial score (nSPS) is 11.4. The first-order chi connectivity index (χ1) is 14.4. The largest absolute Gasteiger partial charge is 0.309 e. The zero-order chi connectivity index (χ0) is 19.2. The second-order valence-corrected chi connectivity index (χ2v) is 8.74. The minimum Gasteiger partial charge on any atom is -0.309 e. The summed E-state index contributed by atoms with van der Waals surface area (Å²) in [4.78, 5) is 6.06. The van der Waals surface area contributed by atoms with Crippen LogP contribution in [0.2, 0.25) is 0 Å². The topological polar surface area (TPSA) is 17.8 Å². The molecule has 29 heavy (non-hydrogen) atoms. The van der Waals surface area contributed by atoms with Crippen molar-refractivity contribution in [3.05, 3.63) is 95.7 Å². The lowest BCUT2D eigenvalue weighted by Crippen LogP contribution is -1.93. The van der Waals surface area contributed by atoms with Crippen molar-refractivity contribution in [1.82, 2.24) is 9.55 Å². The molecular formula is C25H16N2S2. The fraction of sp³-hybridized carbons (Fsp3) is 0. The number of thiazole rings is 1. The number of para-hydroxylation sites is 2. The first-order valence-electron chi connectivity index (χ1n) is 9.47. The van der Waals surface area contributed by atoms with E-state index in [1.54, 1.807) is 22.7 Å². The molecule has 6 rings (SSSR count). The number of hydrogen-bond acceptors (Lipinski definition) is 3. The lowest BCUT2D eigenvalue weighted by atomic mass is 10.1. The van der Waals surface area contributed by atoms with Crippen LogP contribution in [0.15, 0.2) is 95.7 Å². The Balaban J connectivity index is 1.45. The monoisotopic (exact) mass is 408 g/mol. The maximum Gasteiger partial charge on any atom is 0.134 e. The third kappa shape index (κ3) is 2.72. The highest BCUT2D eigenvalue weighted by Gasteiger charge is 2.12. The van der Waals surface area contributed by atoms with Crippen LogP contribution in [0.5, 0.6) is 0 Å². The summed E-state index contributed by atoms with van der Waals surface area (Å²) in [5.74, 6) is 0. The van der Waals surface area contributed by atoms with Crippen molar-refractivity contribution < 1.29 is 0 Å². The molecule has 0 atom stereocenters. The van der Waals surface area contributed by atoms with Crippen LogP contribution in [-0.2, 0) is 0 Å². The van der Waals surface area contributed by atoms with Crippen LogP contribution in [0.1, 0.15) is 0 Å². The van der Waals surface area contributed by atoms with Gasteiger partial charge in [0.2, 0.25) is 0 Å². The molecule has 3 aromatic heterocycles. The second kappa shape index (κ2) is 6.69. The summed E-state index contributed by atoms with van der Waals surface area (Å²) in [6.45, 7) is 0. The van der Waals surface area contributed by atoms with E-state index in [1.807, 2.05) is 0 Å². The maximum absolute atomic E-state index is 4.84. The van der Waals surface area contributed by atoms with Crippen LogP contribution >= 0.6 is 22.7 Å². The minimum absolute atomic E-state index is 1.03. The SMILES string of the molecule is c1csc(-c2nc(-c3ccc(-n4c5ccccc5c5ccccc54)cc3)cs2)c1. The number of thiophene rings is 1. The van der Waals surface area contributed by atoms with Gasteiger partial charge in [-0.15, -0.1) is 22.7 Å². The summed E-state index contributed by atoms with van der Waals surface area (Å²) < 4.78 is 2.34. The van der Waals surface area contributed by atoms with Crippen molar-refractivity contribution in [2.24, 2.45) is 0 Å². The molecule has 0 fully saturated rings. The van der Waals surface area contributed by atoms with E-state index in [-0.39, 0.29) is 0 Å². The Bertz CT molecular complexity index is 1380. The molecule has 0 saturated heterocycles. The maximum atomic E-state index is 4.84. The zero-order valence-corrected chi connectivity index (χ0v) is 17.1. The molecule has 3 aromatic carbocycles. The van der Waals surface area contributed by atoms with E-state index in [0.717, 1.165) is 16.3 Å². The molecule has 0 amide bonds. The van der Waals surface area contributed by atoms with Crippen LogP contribution in [0.3, 0.4) is 0 Å². The van der Waals surface area contributed by atoms with Gasteiger partial charge in [-0.05, 0) is 35.7 Å². The smallest absolute Gasteiger partial charge is 0.134 e. The van der Waals surface area contributed by atoms with Gasteiger partial charge >= 0.3 is 0 Å². The molecule has 0 radical (unpaired) electrons. The quantitative estimate of drug-likeness (QED) is 0.294. The number of benzene rings is 3. The molecule has 0 unspecified atom stereocenters. The standard InChI is InChI=1S/C25H16N2S2/c1-3-8-22-19(6-1)20-7-2-4-9-23(20)27(22)18-13-11-17(12-14-18)21-16-29-25(26-21)24-10-5-15-28-24/h1-16H. The number of hydrogen-bond donors (Lipinski definition) is 0. The molecular weight excluding hydrogens is 392 g/mol. The molecule has 0 aliphatic carbocycles. The average molecular weight is 409 g/mol. The van der Waals surface area contributed by atoms with Crippen molar-refractivity contribution in [3.63, 3.8) is 0 Å². The molecule has 0 bridgehead atoms. The van der Waals surface area contributed by atoms with Crippen LogP contribution in [0.25, 0.3) is 48.6 Å². The molecule has 0 saturated carbocycles. The van der Waals surface area contributed by atoms with Gasteiger partial charge in [0.15, 0.2) is 0 Å². The van der Waals surface area contributed by atoms with Gasteiger partial charge in [-0.1, -0.05) is 54.6 Å². The highest BCUT2D eigenvalue weighted by molar-refractivity contribution is 7.20.